The molecule has 2 nitrogen and oxygen atoms in total. The Kier molecular flexibility index (Phi) is 9.40. The Hall–Kier alpha value is -0.680. The molecule has 4 heteroatoms. The van der Waals surface area contributed by atoms with Gasteiger partial charge >= 0.3 is 0 Å². The molecule has 0 saturated carbocycles. The van der Waals surface area contributed by atoms with Crippen molar-refractivity contribution >= 4 is 22.7 Å². The summed E-state index contributed by atoms with van der Waals surface area (Å²) in [5.41, 5.74) is 2.09. The van der Waals surface area contributed by atoms with Crippen molar-refractivity contribution in [2.75, 3.05) is 13.1 Å². The summed E-state index contributed by atoms with van der Waals surface area (Å²) in [6.07, 6.45) is 4.76. The second-order valence-corrected chi connectivity index (χ2v) is 12.2. The second-order valence-electron chi connectivity index (χ2n) is 10.2. The number of nitrogens with one attached hydrogen (secondary N) is 2. The van der Waals surface area contributed by atoms with Crippen LogP contribution in [0.25, 0.3) is 0 Å². The van der Waals surface area contributed by atoms with Crippen LogP contribution < -0.4 is 10.6 Å². The summed E-state index contributed by atoms with van der Waals surface area (Å²) < 4.78 is 0. The van der Waals surface area contributed by atoms with Gasteiger partial charge in [0.25, 0.3) is 0 Å². The van der Waals surface area contributed by atoms with Crippen molar-refractivity contribution in [2.24, 2.45) is 10.8 Å². The van der Waals surface area contributed by atoms with Gasteiger partial charge in [-0.2, -0.15) is 11.3 Å². The molecule has 0 fully saturated rings. The Balaban J connectivity index is 1.97. The summed E-state index contributed by atoms with van der Waals surface area (Å²) in [5, 5.41) is 11.9. The van der Waals surface area contributed by atoms with Crippen molar-refractivity contribution in [2.45, 2.75) is 86.2 Å². The maximum absolute atomic E-state index is 3.70. The van der Waals surface area contributed by atoms with Gasteiger partial charge in [-0.1, -0.05) is 48.5 Å². The van der Waals surface area contributed by atoms with E-state index in [1.165, 1.54) is 41.0 Å². The van der Waals surface area contributed by atoms with Crippen molar-refractivity contribution in [3.63, 3.8) is 0 Å². The SMILES string of the molecule is CCNC(CC(C)(C)CCc1ccc(C(CC(C)(C)C)NCC)s1)c1ccsc1. The fourth-order valence-corrected chi connectivity index (χ4v) is 5.79. The largest absolute Gasteiger partial charge is 0.310 e. The molecular formula is C25H42N2S2. The molecular weight excluding hydrogens is 392 g/mol. The molecule has 2 N–H and O–H groups in total. The predicted molar refractivity (Wildman–Crippen MR) is 132 cm³/mol. The zero-order valence-corrected chi connectivity index (χ0v) is 21.2. The van der Waals surface area contributed by atoms with Crippen LogP contribution in [0.15, 0.2) is 29.0 Å². The van der Waals surface area contributed by atoms with Crippen LogP contribution in [-0.2, 0) is 6.42 Å². The summed E-state index contributed by atoms with van der Waals surface area (Å²) in [6.45, 7) is 18.3. The van der Waals surface area contributed by atoms with E-state index >= 15 is 0 Å². The van der Waals surface area contributed by atoms with E-state index in [-0.39, 0.29) is 0 Å². The predicted octanol–water partition coefficient (Wildman–Crippen LogP) is 7.60. The minimum atomic E-state index is 0.311. The molecule has 0 amide bonds. The Morgan fingerprint density at radius 1 is 0.897 bits per heavy atom. The van der Waals surface area contributed by atoms with Crippen molar-refractivity contribution in [3.05, 3.63) is 44.3 Å². The molecule has 0 bridgehead atoms. The Labute approximate surface area is 187 Å². The van der Waals surface area contributed by atoms with Gasteiger partial charge < -0.3 is 10.6 Å². The number of hydrogen-bond donors (Lipinski definition) is 2. The van der Waals surface area contributed by atoms with E-state index in [1.807, 2.05) is 11.3 Å². The Morgan fingerprint density at radius 3 is 2.17 bits per heavy atom. The highest BCUT2D eigenvalue weighted by Crippen LogP contribution is 2.37. The van der Waals surface area contributed by atoms with Crippen LogP contribution >= 0.6 is 22.7 Å². The standard InChI is InChI=1S/C25H42N2S2/c1-8-26-21(19-13-15-28-18-19)17-25(6,7)14-12-20-10-11-23(29-20)22(27-9-2)16-24(3,4)5/h10-11,13,15,18,21-22,26-27H,8-9,12,14,16-17H2,1-7H3. The highest BCUT2D eigenvalue weighted by Gasteiger charge is 2.25. The van der Waals surface area contributed by atoms with Gasteiger partial charge in [-0.05, 0) is 84.1 Å². The van der Waals surface area contributed by atoms with Gasteiger partial charge in [-0.3, -0.25) is 0 Å². The summed E-state index contributed by atoms with van der Waals surface area (Å²) in [7, 11) is 0. The fraction of sp³-hybridized carbons (Fsp3) is 0.680. The van der Waals surface area contributed by atoms with Crippen LogP contribution in [0.1, 0.15) is 95.1 Å². The summed E-state index contributed by atoms with van der Waals surface area (Å²) in [5.74, 6) is 0. The molecule has 0 aliphatic carbocycles. The number of hydrogen-bond acceptors (Lipinski definition) is 4. The number of aryl methyl sites for hydroxylation is 1. The van der Waals surface area contributed by atoms with Gasteiger partial charge in [0.1, 0.15) is 0 Å². The normalized spacial score (nSPS) is 14.9. The minimum Gasteiger partial charge on any atom is -0.310 e. The van der Waals surface area contributed by atoms with Crippen LogP contribution in [0.5, 0.6) is 0 Å². The third-order valence-corrected chi connectivity index (χ3v) is 7.45. The maximum atomic E-state index is 3.70. The van der Waals surface area contributed by atoms with Crippen LogP contribution in [0.4, 0.5) is 0 Å². The summed E-state index contributed by atoms with van der Waals surface area (Å²) in [4.78, 5) is 3.03. The lowest BCUT2D eigenvalue weighted by molar-refractivity contribution is 0.264. The zero-order chi connectivity index (χ0) is 21.5. The molecule has 0 aliphatic heterocycles. The molecule has 2 aromatic heterocycles. The molecule has 0 saturated heterocycles. The monoisotopic (exact) mass is 434 g/mol. The van der Waals surface area contributed by atoms with E-state index in [0.29, 0.717) is 22.9 Å². The van der Waals surface area contributed by atoms with Gasteiger partial charge in [0, 0.05) is 21.8 Å². The Morgan fingerprint density at radius 2 is 1.59 bits per heavy atom. The molecule has 0 aliphatic rings. The van der Waals surface area contributed by atoms with Crippen molar-refractivity contribution in [3.8, 4) is 0 Å². The van der Waals surface area contributed by atoms with Gasteiger partial charge in [0.05, 0.1) is 0 Å². The van der Waals surface area contributed by atoms with Crippen molar-refractivity contribution < 1.29 is 0 Å². The van der Waals surface area contributed by atoms with Gasteiger partial charge in [-0.15, -0.1) is 11.3 Å². The molecule has 2 rings (SSSR count). The lowest BCUT2D eigenvalue weighted by Gasteiger charge is -2.30. The van der Waals surface area contributed by atoms with E-state index in [9.17, 15) is 0 Å². The molecule has 2 heterocycles. The first kappa shape index (κ1) is 24.6. The number of thiophene rings is 2. The van der Waals surface area contributed by atoms with Crippen molar-refractivity contribution in [1.82, 2.24) is 10.6 Å². The van der Waals surface area contributed by atoms with E-state index < -0.39 is 0 Å². The fourth-order valence-electron chi connectivity index (χ4n) is 3.99. The van der Waals surface area contributed by atoms with Crippen LogP contribution in [0, 0.1) is 10.8 Å². The quantitative estimate of drug-likeness (QED) is 0.359. The van der Waals surface area contributed by atoms with Crippen LogP contribution in [0.3, 0.4) is 0 Å². The molecule has 29 heavy (non-hydrogen) atoms. The lowest BCUT2D eigenvalue weighted by atomic mass is 9.80. The van der Waals surface area contributed by atoms with Crippen LogP contribution in [0.2, 0.25) is 0 Å². The third-order valence-electron chi connectivity index (χ3n) is 5.49. The Bertz CT molecular complexity index is 695. The first-order chi connectivity index (χ1) is 13.6. The average molecular weight is 435 g/mol. The van der Waals surface area contributed by atoms with E-state index in [2.05, 4.69) is 88.1 Å². The second kappa shape index (κ2) is 11.1. The molecule has 0 spiro atoms. The van der Waals surface area contributed by atoms with E-state index in [1.54, 1.807) is 11.3 Å². The lowest BCUT2D eigenvalue weighted by Crippen LogP contribution is -2.27. The molecule has 0 aromatic carbocycles. The zero-order valence-electron chi connectivity index (χ0n) is 19.6. The van der Waals surface area contributed by atoms with Gasteiger partial charge in [-0.25, -0.2) is 0 Å². The molecule has 0 radical (unpaired) electrons. The van der Waals surface area contributed by atoms with Gasteiger partial charge in [0.2, 0.25) is 0 Å². The third kappa shape index (κ3) is 8.53. The first-order valence-corrected chi connectivity index (χ1v) is 13.0. The van der Waals surface area contributed by atoms with Gasteiger partial charge in [0.15, 0.2) is 0 Å². The minimum absolute atomic E-state index is 0.311. The highest BCUT2D eigenvalue weighted by molar-refractivity contribution is 7.12. The first-order valence-electron chi connectivity index (χ1n) is 11.2. The highest BCUT2D eigenvalue weighted by atomic mass is 32.1. The molecule has 2 aromatic rings. The number of rotatable bonds is 12. The molecule has 164 valence electrons. The molecule has 2 atom stereocenters. The summed E-state index contributed by atoms with van der Waals surface area (Å²) in [6, 6.07) is 7.94. The topological polar surface area (TPSA) is 24.1 Å². The smallest absolute Gasteiger partial charge is 0.0419 e. The summed E-state index contributed by atoms with van der Waals surface area (Å²) >= 11 is 3.81. The van der Waals surface area contributed by atoms with E-state index in [0.717, 1.165) is 13.1 Å². The molecule has 2 unspecified atom stereocenters. The van der Waals surface area contributed by atoms with E-state index in [4.69, 9.17) is 0 Å². The van der Waals surface area contributed by atoms with Crippen LogP contribution in [-0.4, -0.2) is 13.1 Å². The average Bonchev–Trinajstić information content (AvgIpc) is 3.30. The van der Waals surface area contributed by atoms with Crippen molar-refractivity contribution in [1.29, 1.82) is 0 Å². The maximum Gasteiger partial charge on any atom is 0.0419 e.